The number of rotatable bonds is 2. The van der Waals surface area contributed by atoms with Crippen LogP contribution in [-0.2, 0) is 24.2 Å². The van der Waals surface area contributed by atoms with Crippen molar-refractivity contribution >= 4 is 5.97 Å². The number of esters is 1. The van der Waals surface area contributed by atoms with Gasteiger partial charge in [-0.1, -0.05) is 5.56 Å². The summed E-state index contributed by atoms with van der Waals surface area (Å²) in [6, 6.07) is 9.73. The zero-order valence-corrected chi connectivity index (χ0v) is 14.5. The van der Waals surface area contributed by atoms with Gasteiger partial charge in [0.2, 0.25) is 5.97 Å². The maximum Gasteiger partial charge on any atom is 2.00 e. The van der Waals surface area contributed by atoms with E-state index in [1.165, 1.54) is 0 Å². The summed E-state index contributed by atoms with van der Waals surface area (Å²) in [7, 11) is 0. The molecular weight excluding hydrogens is 412 g/mol. The Morgan fingerprint density at radius 2 is 2.14 bits per heavy atom. The molecule has 74 valence electrons. The summed E-state index contributed by atoms with van der Waals surface area (Å²) in [5, 5.41) is 0. The molecule has 0 atom stereocenters. The van der Waals surface area contributed by atoms with E-state index >= 15 is 0 Å². The van der Waals surface area contributed by atoms with Crippen molar-refractivity contribution in [2.75, 3.05) is 6.61 Å². The van der Waals surface area contributed by atoms with Crippen molar-refractivity contribution in [3.8, 4) is 0 Å². The van der Waals surface area contributed by atoms with Gasteiger partial charge < -0.3 is 50.5 Å². The summed E-state index contributed by atoms with van der Waals surface area (Å²) in [4.78, 5) is 11.0. The molecular formula is C9H9BrIO2Zn-. The fourth-order valence-corrected chi connectivity index (χ4v) is 0.729. The first-order valence-electron chi connectivity index (χ1n) is 3.48. The Morgan fingerprint density at radius 3 is 2.57 bits per heavy atom. The molecule has 0 spiro atoms. The fourth-order valence-electron chi connectivity index (χ4n) is 0.729. The molecule has 0 saturated heterocycles. The third-order valence-electron chi connectivity index (χ3n) is 1.20. The maximum absolute atomic E-state index is 11.0. The largest absolute Gasteiger partial charge is 2.00 e. The minimum Gasteiger partial charge on any atom is -1.00 e. The van der Waals surface area contributed by atoms with Crippen LogP contribution in [0, 0.1) is 6.07 Å². The second-order valence-corrected chi connectivity index (χ2v) is 2.00. The second-order valence-electron chi connectivity index (χ2n) is 2.00. The van der Waals surface area contributed by atoms with Gasteiger partial charge in [0, 0.05) is 0 Å². The minimum absolute atomic E-state index is 0. The molecule has 0 aliphatic rings. The van der Waals surface area contributed by atoms with Crippen LogP contribution in [0.1, 0.15) is 17.3 Å². The average Bonchev–Trinajstić information content (AvgIpc) is 2.07. The van der Waals surface area contributed by atoms with E-state index in [0.717, 1.165) is 0 Å². The third kappa shape index (κ3) is 6.90. The van der Waals surface area contributed by atoms with Crippen molar-refractivity contribution in [1.82, 2.24) is 0 Å². The number of ether oxygens (including phenoxy) is 1. The SMILES string of the molecule is CCOC(=O)c1[c-]cccc1.[Br-].[I-].[Zn+2]. The van der Waals surface area contributed by atoms with Gasteiger partial charge in [0.15, 0.2) is 0 Å². The van der Waals surface area contributed by atoms with Gasteiger partial charge in [0.1, 0.15) is 0 Å². The molecule has 0 amide bonds. The van der Waals surface area contributed by atoms with Gasteiger partial charge >= 0.3 is 19.5 Å². The number of hydrogen-bond acceptors (Lipinski definition) is 2. The van der Waals surface area contributed by atoms with Crippen molar-refractivity contribution in [3.05, 3.63) is 35.9 Å². The summed E-state index contributed by atoms with van der Waals surface area (Å²) in [6.45, 7) is 2.18. The van der Waals surface area contributed by atoms with Gasteiger partial charge in [-0.2, -0.15) is 0 Å². The predicted molar refractivity (Wildman–Crippen MR) is 41.2 cm³/mol. The van der Waals surface area contributed by atoms with Crippen LogP contribution in [0.5, 0.6) is 0 Å². The zero-order valence-electron chi connectivity index (χ0n) is 7.80. The van der Waals surface area contributed by atoms with Crippen molar-refractivity contribution in [2.24, 2.45) is 0 Å². The maximum atomic E-state index is 11.0. The standard InChI is InChI=1S/C9H9O2.BrH.HI.Zn/c1-2-11-9(10)8-6-4-3-5-7-8;;;/h3-6H,2H2,1H3;2*1H;/q-1;;;+2/p-2. The summed E-state index contributed by atoms with van der Waals surface area (Å²) in [6.07, 6.45) is 0. The molecule has 1 aromatic carbocycles. The molecule has 0 heterocycles. The molecule has 0 saturated carbocycles. The summed E-state index contributed by atoms with van der Waals surface area (Å²) >= 11 is 0. The Labute approximate surface area is 124 Å². The Balaban J connectivity index is -0.000000403. The van der Waals surface area contributed by atoms with E-state index in [1.54, 1.807) is 25.1 Å². The van der Waals surface area contributed by atoms with E-state index < -0.39 is 0 Å². The van der Waals surface area contributed by atoms with Crippen molar-refractivity contribution in [1.29, 1.82) is 0 Å². The number of carbonyl (C=O) groups is 1. The molecule has 1 aromatic rings. The predicted octanol–water partition coefficient (Wildman–Crippen LogP) is -4.33. The van der Waals surface area contributed by atoms with Gasteiger partial charge in [-0.3, -0.25) is 0 Å². The van der Waals surface area contributed by atoms with Crippen LogP contribution in [0.4, 0.5) is 0 Å². The molecule has 0 aromatic heterocycles. The van der Waals surface area contributed by atoms with E-state index in [1.807, 2.05) is 6.07 Å². The molecule has 1 rings (SSSR count). The van der Waals surface area contributed by atoms with Crippen LogP contribution < -0.4 is 41.0 Å². The molecule has 0 bridgehead atoms. The van der Waals surface area contributed by atoms with Crippen LogP contribution in [0.25, 0.3) is 0 Å². The van der Waals surface area contributed by atoms with E-state index in [2.05, 4.69) is 6.07 Å². The topological polar surface area (TPSA) is 26.3 Å². The Bertz CT molecular complexity index is 244. The van der Waals surface area contributed by atoms with Crippen molar-refractivity contribution < 1.29 is 70.0 Å². The smallest absolute Gasteiger partial charge is 1.00 e. The first-order chi connectivity index (χ1) is 5.34. The molecule has 14 heavy (non-hydrogen) atoms. The van der Waals surface area contributed by atoms with Crippen LogP contribution in [0.3, 0.4) is 0 Å². The monoisotopic (exact) mass is 419 g/mol. The fraction of sp³-hybridized carbons (Fsp3) is 0.222. The van der Waals surface area contributed by atoms with Gasteiger partial charge in [-0.15, -0.1) is 30.3 Å². The summed E-state index contributed by atoms with van der Waals surface area (Å²) in [5.74, 6) is -0.312. The van der Waals surface area contributed by atoms with Crippen LogP contribution >= 0.6 is 0 Å². The zero-order chi connectivity index (χ0) is 8.10. The number of hydrogen-bond donors (Lipinski definition) is 0. The molecule has 0 fully saturated rings. The number of halogens is 2. The minimum atomic E-state index is -0.312. The van der Waals surface area contributed by atoms with Crippen LogP contribution in [0.2, 0.25) is 0 Å². The van der Waals surface area contributed by atoms with Gasteiger partial charge in [-0.05, 0) is 6.92 Å². The van der Waals surface area contributed by atoms with Crippen molar-refractivity contribution in [2.45, 2.75) is 6.92 Å². The van der Waals surface area contributed by atoms with Crippen LogP contribution in [-0.4, -0.2) is 12.6 Å². The Kier molecular flexibility index (Phi) is 16.6. The Morgan fingerprint density at radius 1 is 1.50 bits per heavy atom. The van der Waals surface area contributed by atoms with E-state index in [-0.39, 0.29) is 66.4 Å². The van der Waals surface area contributed by atoms with E-state index in [0.29, 0.717) is 12.2 Å². The average molecular weight is 421 g/mol. The van der Waals surface area contributed by atoms with Gasteiger partial charge in [0.25, 0.3) is 0 Å². The first kappa shape index (κ1) is 20.0. The summed E-state index contributed by atoms with van der Waals surface area (Å²) < 4.78 is 4.76. The van der Waals surface area contributed by atoms with Gasteiger partial charge in [0.05, 0.1) is 6.61 Å². The molecule has 0 N–H and O–H groups in total. The molecule has 0 unspecified atom stereocenters. The van der Waals surface area contributed by atoms with E-state index in [4.69, 9.17) is 4.74 Å². The molecule has 0 aliphatic heterocycles. The summed E-state index contributed by atoms with van der Waals surface area (Å²) in [5.41, 5.74) is 0.481. The first-order valence-corrected chi connectivity index (χ1v) is 3.48. The number of benzene rings is 1. The third-order valence-corrected chi connectivity index (χ3v) is 1.20. The Hall–Kier alpha value is 0.523. The van der Waals surface area contributed by atoms with Gasteiger partial charge in [-0.25, -0.2) is 0 Å². The van der Waals surface area contributed by atoms with E-state index in [9.17, 15) is 4.79 Å². The van der Waals surface area contributed by atoms with Crippen molar-refractivity contribution in [3.63, 3.8) is 0 Å². The molecule has 0 aliphatic carbocycles. The van der Waals surface area contributed by atoms with Crippen LogP contribution in [0.15, 0.2) is 24.3 Å². The normalized spacial score (nSPS) is 7.21. The quantitative estimate of drug-likeness (QED) is 0.209. The molecule has 5 heteroatoms. The molecule has 0 radical (unpaired) electrons. The second kappa shape index (κ2) is 11.6. The molecule has 2 nitrogen and oxygen atoms in total. The number of carbonyl (C=O) groups excluding carboxylic acids is 1.